The van der Waals surface area contributed by atoms with Crippen LogP contribution in [-0.4, -0.2) is 43.2 Å². The number of unbranched alkanes of at least 4 members (excludes halogenated alkanes) is 1. The number of aromatic hydroxyl groups is 1. The molecule has 0 spiro atoms. The van der Waals surface area contributed by atoms with Gasteiger partial charge < -0.3 is 14.6 Å². The maximum absolute atomic E-state index is 13.2. The predicted molar refractivity (Wildman–Crippen MR) is 139 cm³/mol. The summed E-state index contributed by atoms with van der Waals surface area (Å²) < 4.78 is 11.4. The number of pyridine rings is 1. The molecule has 0 bridgehead atoms. The number of nitriles is 1. The van der Waals surface area contributed by atoms with E-state index in [9.17, 15) is 15.2 Å². The first-order chi connectivity index (χ1) is 18.0. The van der Waals surface area contributed by atoms with Crippen molar-refractivity contribution < 1.29 is 24.4 Å². The third-order valence-electron chi connectivity index (χ3n) is 6.01. The standard InChI is InChI=1S/C27H38N4O6/c1-5-7-8-21(6-2)18-31-26(32)24(17-28)20(3)25(27(31)33)30-29-23-11-9-22(10-12-23)19-37-36-16-15-35-14-13-34-4/h9-12,21,32H,5-8,13-16,18-19H2,1-4H3. The first kappa shape index (κ1) is 30.1. The molecular formula is C27H38N4O6. The van der Waals surface area contributed by atoms with Crippen LogP contribution in [-0.2, 0) is 32.4 Å². The van der Waals surface area contributed by atoms with E-state index >= 15 is 0 Å². The lowest BCUT2D eigenvalue weighted by Gasteiger charge is -2.19. The van der Waals surface area contributed by atoms with E-state index in [0.29, 0.717) is 44.2 Å². The van der Waals surface area contributed by atoms with E-state index in [0.717, 1.165) is 31.2 Å². The molecule has 0 aliphatic heterocycles. The zero-order chi connectivity index (χ0) is 27.0. The molecule has 0 aliphatic carbocycles. The van der Waals surface area contributed by atoms with Crippen LogP contribution < -0.4 is 5.56 Å². The molecule has 0 aliphatic rings. The van der Waals surface area contributed by atoms with Gasteiger partial charge in [-0.3, -0.25) is 9.36 Å². The molecule has 2 aromatic rings. The van der Waals surface area contributed by atoms with E-state index in [2.05, 4.69) is 24.1 Å². The number of aromatic nitrogens is 1. The molecule has 2 rings (SSSR count). The van der Waals surface area contributed by atoms with Gasteiger partial charge in [-0.25, -0.2) is 9.78 Å². The maximum atomic E-state index is 13.2. The van der Waals surface area contributed by atoms with Crippen LogP contribution in [0.25, 0.3) is 0 Å². The van der Waals surface area contributed by atoms with Gasteiger partial charge in [0.05, 0.1) is 25.5 Å². The minimum Gasteiger partial charge on any atom is -0.493 e. The predicted octanol–water partition coefficient (Wildman–Crippen LogP) is 5.48. The van der Waals surface area contributed by atoms with Gasteiger partial charge in [0.2, 0.25) is 5.88 Å². The van der Waals surface area contributed by atoms with Crippen LogP contribution in [0.15, 0.2) is 39.3 Å². The fourth-order valence-electron chi connectivity index (χ4n) is 3.67. The van der Waals surface area contributed by atoms with Gasteiger partial charge in [-0.2, -0.15) is 10.4 Å². The number of hydrogen-bond acceptors (Lipinski definition) is 9. The average molecular weight is 515 g/mol. The monoisotopic (exact) mass is 514 g/mol. The molecule has 0 radical (unpaired) electrons. The number of ether oxygens (including phenoxy) is 2. The molecule has 0 fully saturated rings. The molecule has 10 heteroatoms. The number of benzene rings is 1. The van der Waals surface area contributed by atoms with E-state index in [1.54, 1.807) is 26.2 Å². The lowest BCUT2D eigenvalue weighted by Crippen LogP contribution is -2.25. The molecule has 1 aromatic carbocycles. The number of methoxy groups -OCH3 is 1. The highest BCUT2D eigenvalue weighted by atomic mass is 17.2. The van der Waals surface area contributed by atoms with Gasteiger partial charge in [-0.05, 0) is 37.0 Å². The van der Waals surface area contributed by atoms with Crippen molar-refractivity contribution in [2.45, 2.75) is 59.6 Å². The SMILES string of the molecule is CCCCC(CC)Cn1c(O)c(C#N)c(C)c(N=Nc2ccc(COOCCOCCOC)cc2)c1=O. The van der Waals surface area contributed by atoms with Gasteiger partial charge in [-0.1, -0.05) is 45.2 Å². The highest BCUT2D eigenvalue weighted by Gasteiger charge is 2.21. The summed E-state index contributed by atoms with van der Waals surface area (Å²) in [7, 11) is 1.61. The van der Waals surface area contributed by atoms with Gasteiger partial charge in [0.15, 0.2) is 5.69 Å². The third kappa shape index (κ3) is 9.37. The van der Waals surface area contributed by atoms with E-state index in [4.69, 9.17) is 19.2 Å². The second-order valence-electron chi connectivity index (χ2n) is 8.67. The summed E-state index contributed by atoms with van der Waals surface area (Å²) >= 11 is 0. The lowest BCUT2D eigenvalue weighted by atomic mass is 9.99. The Morgan fingerprint density at radius 3 is 2.46 bits per heavy atom. The van der Waals surface area contributed by atoms with E-state index in [1.165, 1.54) is 4.57 Å². The van der Waals surface area contributed by atoms with E-state index in [-0.39, 0.29) is 29.7 Å². The summed E-state index contributed by atoms with van der Waals surface area (Å²) in [4.78, 5) is 23.5. The molecule has 1 heterocycles. The second kappa shape index (κ2) is 16.6. The van der Waals surface area contributed by atoms with Crippen molar-refractivity contribution in [3.8, 4) is 11.9 Å². The molecule has 202 valence electrons. The highest BCUT2D eigenvalue weighted by molar-refractivity contribution is 5.56. The molecule has 10 nitrogen and oxygen atoms in total. The van der Waals surface area contributed by atoms with Crippen LogP contribution in [0.2, 0.25) is 0 Å². The molecule has 37 heavy (non-hydrogen) atoms. The van der Waals surface area contributed by atoms with Crippen LogP contribution in [0.5, 0.6) is 5.88 Å². The van der Waals surface area contributed by atoms with E-state index in [1.807, 2.05) is 18.2 Å². The number of hydrogen-bond donors (Lipinski definition) is 1. The summed E-state index contributed by atoms with van der Waals surface area (Å²) in [6.07, 6.45) is 3.89. The van der Waals surface area contributed by atoms with Gasteiger partial charge >= 0.3 is 0 Å². The Bertz CT molecular complexity index is 1090. The van der Waals surface area contributed by atoms with Crippen molar-refractivity contribution in [3.05, 3.63) is 51.3 Å². The van der Waals surface area contributed by atoms with E-state index < -0.39 is 5.56 Å². The zero-order valence-electron chi connectivity index (χ0n) is 22.2. The Balaban J connectivity index is 2.08. The Labute approximate surface area is 218 Å². The minimum absolute atomic E-state index is 0.0375. The molecule has 1 aromatic heterocycles. The van der Waals surface area contributed by atoms with Crippen molar-refractivity contribution in [2.75, 3.05) is 33.5 Å². The first-order valence-corrected chi connectivity index (χ1v) is 12.6. The topological polar surface area (TPSA) is 128 Å². The molecular weight excluding hydrogens is 476 g/mol. The fourth-order valence-corrected chi connectivity index (χ4v) is 3.67. The average Bonchev–Trinajstić information content (AvgIpc) is 2.90. The largest absolute Gasteiger partial charge is 0.493 e. The maximum Gasteiger partial charge on any atom is 0.281 e. The number of rotatable bonds is 17. The number of azo groups is 1. The second-order valence-corrected chi connectivity index (χ2v) is 8.67. The fraction of sp³-hybridized carbons (Fsp3) is 0.556. The quantitative estimate of drug-likeness (QED) is 0.128. The Morgan fingerprint density at radius 1 is 1.08 bits per heavy atom. The molecule has 0 saturated heterocycles. The third-order valence-corrected chi connectivity index (χ3v) is 6.01. The van der Waals surface area contributed by atoms with Gasteiger partial charge in [0.1, 0.15) is 24.8 Å². The molecule has 1 N–H and O–H groups in total. The van der Waals surface area contributed by atoms with Gasteiger partial charge in [0, 0.05) is 19.2 Å². The summed E-state index contributed by atoms with van der Waals surface area (Å²) in [5.41, 5.74) is 1.33. The highest BCUT2D eigenvalue weighted by Crippen LogP contribution is 2.28. The van der Waals surface area contributed by atoms with Crippen LogP contribution >= 0.6 is 0 Å². The summed E-state index contributed by atoms with van der Waals surface area (Å²) in [6, 6.07) is 9.12. The van der Waals surface area contributed by atoms with Crippen LogP contribution in [0.4, 0.5) is 11.4 Å². The minimum atomic E-state index is -0.457. The Kier molecular flexibility index (Phi) is 13.5. The molecule has 0 amide bonds. The van der Waals surface area contributed by atoms with Crippen molar-refractivity contribution in [1.29, 1.82) is 5.26 Å². The lowest BCUT2D eigenvalue weighted by molar-refractivity contribution is -0.308. The summed E-state index contributed by atoms with van der Waals surface area (Å²) in [5.74, 6) is -0.100. The van der Waals surface area contributed by atoms with Gasteiger partial charge in [0.25, 0.3) is 5.56 Å². The first-order valence-electron chi connectivity index (χ1n) is 12.6. The van der Waals surface area contributed by atoms with Crippen LogP contribution in [0, 0.1) is 24.2 Å². The summed E-state index contributed by atoms with van der Waals surface area (Å²) in [6.45, 7) is 8.10. The van der Waals surface area contributed by atoms with Crippen molar-refractivity contribution in [1.82, 2.24) is 4.57 Å². The number of nitrogens with zero attached hydrogens (tertiary/aromatic N) is 4. The Morgan fingerprint density at radius 2 is 1.81 bits per heavy atom. The normalized spacial score (nSPS) is 12.2. The zero-order valence-corrected chi connectivity index (χ0v) is 22.2. The summed E-state index contributed by atoms with van der Waals surface area (Å²) in [5, 5.41) is 28.6. The smallest absolute Gasteiger partial charge is 0.281 e. The van der Waals surface area contributed by atoms with Crippen molar-refractivity contribution in [3.63, 3.8) is 0 Å². The Hall–Kier alpha value is -3.10. The molecule has 1 unspecified atom stereocenters. The van der Waals surface area contributed by atoms with Crippen LogP contribution in [0.1, 0.15) is 56.2 Å². The van der Waals surface area contributed by atoms with Crippen molar-refractivity contribution in [2.24, 2.45) is 16.1 Å². The van der Waals surface area contributed by atoms with Crippen molar-refractivity contribution >= 4 is 11.4 Å². The molecule has 0 saturated carbocycles. The van der Waals surface area contributed by atoms with Crippen LogP contribution in [0.3, 0.4) is 0 Å². The van der Waals surface area contributed by atoms with Gasteiger partial charge in [-0.15, -0.1) is 5.11 Å². The molecule has 1 atom stereocenters.